The summed E-state index contributed by atoms with van der Waals surface area (Å²) in [6.07, 6.45) is 0.188. The molecule has 0 fully saturated rings. The van der Waals surface area contributed by atoms with Gasteiger partial charge in [0.1, 0.15) is 5.60 Å². The van der Waals surface area contributed by atoms with Gasteiger partial charge in [0.05, 0.1) is 24.4 Å². The van der Waals surface area contributed by atoms with Crippen LogP contribution >= 0.6 is 0 Å². The number of aromatic nitrogens is 2. The summed E-state index contributed by atoms with van der Waals surface area (Å²) >= 11 is 0. The molecule has 0 saturated heterocycles. The number of ether oxygens (including phenoxy) is 1. The molecule has 0 amide bonds. The Bertz CT molecular complexity index is 1240. The molecule has 0 aliphatic heterocycles. The van der Waals surface area contributed by atoms with Gasteiger partial charge < -0.3 is 4.74 Å². The van der Waals surface area contributed by atoms with Crippen molar-refractivity contribution in [2.75, 3.05) is 0 Å². The minimum Gasteiger partial charge on any atom is -0.460 e. The lowest BCUT2D eigenvalue weighted by Gasteiger charge is -2.19. The summed E-state index contributed by atoms with van der Waals surface area (Å²) in [5, 5.41) is 4.88. The number of hydrogen-bond acceptors (Lipinski definition) is 3. The third kappa shape index (κ3) is 5.40. The van der Waals surface area contributed by atoms with E-state index in [1.54, 1.807) is 0 Å². The van der Waals surface area contributed by atoms with Crippen LogP contribution in [0.1, 0.15) is 37.6 Å². The summed E-state index contributed by atoms with van der Waals surface area (Å²) in [5.74, 6) is -0.244. The molecule has 3 aromatic carbocycles. The van der Waals surface area contributed by atoms with Gasteiger partial charge in [-0.05, 0) is 44.4 Å². The van der Waals surface area contributed by atoms with Crippen LogP contribution in [0.2, 0.25) is 0 Å². The van der Waals surface area contributed by atoms with E-state index in [4.69, 9.17) is 9.84 Å². The Morgan fingerprint density at radius 1 is 0.848 bits per heavy atom. The molecule has 0 unspecified atom stereocenters. The lowest BCUT2D eigenvalue weighted by atomic mass is 9.99. The van der Waals surface area contributed by atoms with Crippen LogP contribution in [0.15, 0.2) is 84.9 Å². The summed E-state index contributed by atoms with van der Waals surface area (Å²) in [7, 11) is 0. The first-order chi connectivity index (χ1) is 15.8. The van der Waals surface area contributed by atoms with E-state index < -0.39 is 5.60 Å². The topological polar surface area (TPSA) is 44.1 Å². The Hall–Kier alpha value is -3.66. The predicted octanol–water partition coefficient (Wildman–Crippen LogP) is 6.46. The molecule has 0 radical (unpaired) electrons. The molecule has 33 heavy (non-hydrogen) atoms. The normalized spacial score (nSPS) is 11.4. The number of benzene rings is 3. The van der Waals surface area contributed by atoms with Crippen molar-refractivity contribution in [3.05, 3.63) is 102 Å². The van der Waals surface area contributed by atoms with Crippen LogP contribution in [0.25, 0.3) is 22.4 Å². The molecular formula is C29H30N2O2. The zero-order chi connectivity index (χ0) is 23.4. The molecule has 1 aromatic heterocycles. The minimum atomic E-state index is -0.525. The van der Waals surface area contributed by atoms with Crippen molar-refractivity contribution >= 4 is 5.97 Å². The molecule has 0 atom stereocenters. The maximum Gasteiger partial charge on any atom is 0.310 e. The molecule has 4 heteroatoms. The predicted molar refractivity (Wildman–Crippen MR) is 133 cm³/mol. The van der Waals surface area contributed by atoms with E-state index in [1.165, 1.54) is 16.7 Å². The fourth-order valence-electron chi connectivity index (χ4n) is 4.10. The number of nitrogens with zero attached hydrogens (tertiary/aromatic N) is 2. The first-order valence-electron chi connectivity index (χ1n) is 11.3. The Kier molecular flexibility index (Phi) is 6.45. The van der Waals surface area contributed by atoms with Gasteiger partial charge in [-0.1, -0.05) is 84.9 Å². The van der Waals surface area contributed by atoms with Crippen LogP contribution in [-0.2, 0) is 22.5 Å². The van der Waals surface area contributed by atoms with Gasteiger partial charge >= 0.3 is 5.97 Å². The van der Waals surface area contributed by atoms with Crippen molar-refractivity contribution in [2.45, 2.75) is 46.3 Å². The van der Waals surface area contributed by atoms with Gasteiger partial charge in [-0.15, -0.1) is 0 Å². The second-order valence-corrected chi connectivity index (χ2v) is 9.22. The van der Waals surface area contributed by atoms with Crippen LogP contribution < -0.4 is 0 Å². The molecule has 4 rings (SSSR count). The van der Waals surface area contributed by atoms with Crippen molar-refractivity contribution in [3.63, 3.8) is 0 Å². The summed E-state index contributed by atoms with van der Waals surface area (Å²) in [4.78, 5) is 12.7. The van der Waals surface area contributed by atoms with E-state index in [0.29, 0.717) is 6.54 Å². The van der Waals surface area contributed by atoms with E-state index in [-0.39, 0.29) is 12.4 Å². The highest BCUT2D eigenvalue weighted by Gasteiger charge is 2.23. The summed E-state index contributed by atoms with van der Waals surface area (Å²) in [6.45, 7) is 8.23. The van der Waals surface area contributed by atoms with Crippen molar-refractivity contribution in [3.8, 4) is 22.4 Å². The molecule has 0 N–H and O–H groups in total. The Morgan fingerprint density at radius 3 is 2.06 bits per heavy atom. The van der Waals surface area contributed by atoms with Crippen molar-refractivity contribution in [1.29, 1.82) is 0 Å². The van der Waals surface area contributed by atoms with Gasteiger partial charge in [0.25, 0.3) is 0 Å². The van der Waals surface area contributed by atoms with Gasteiger partial charge in [0, 0.05) is 11.1 Å². The smallest absolute Gasteiger partial charge is 0.310 e. The standard InChI is InChI=1S/C29H30N2O2/c1-21-26(19-27(32)33-29(2,3)4)28(23-15-9-6-10-16-23)31(30-21)20-24-17-11-12-18-25(24)22-13-7-5-8-14-22/h5-18H,19-20H2,1-4H3. The molecule has 0 aliphatic carbocycles. The van der Waals surface area contributed by atoms with Crippen LogP contribution in [-0.4, -0.2) is 21.4 Å². The van der Waals surface area contributed by atoms with E-state index in [0.717, 1.165) is 22.5 Å². The number of carbonyl (C=O) groups excluding carboxylic acids is 1. The summed E-state index contributed by atoms with van der Waals surface area (Å²) < 4.78 is 7.64. The van der Waals surface area contributed by atoms with E-state index in [1.807, 2.05) is 56.6 Å². The van der Waals surface area contributed by atoms with Gasteiger partial charge in [-0.3, -0.25) is 9.48 Å². The zero-order valence-corrected chi connectivity index (χ0v) is 19.7. The number of esters is 1. The minimum absolute atomic E-state index is 0.188. The highest BCUT2D eigenvalue weighted by atomic mass is 16.6. The number of hydrogen-bond donors (Lipinski definition) is 0. The lowest BCUT2D eigenvalue weighted by Crippen LogP contribution is -2.25. The average Bonchev–Trinajstić information content (AvgIpc) is 3.08. The first-order valence-corrected chi connectivity index (χ1v) is 11.3. The molecule has 0 saturated carbocycles. The van der Waals surface area contributed by atoms with Crippen LogP contribution in [0, 0.1) is 6.92 Å². The highest BCUT2D eigenvalue weighted by molar-refractivity contribution is 5.78. The lowest BCUT2D eigenvalue weighted by molar-refractivity contribution is -0.153. The van der Waals surface area contributed by atoms with Gasteiger partial charge in [-0.25, -0.2) is 0 Å². The second kappa shape index (κ2) is 9.45. The van der Waals surface area contributed by atoms with Crippen LogP contribution in [0.4, 0.5) is 0 Å². The number of aryl methyl sites for hydroxylation is 1. The third-order valence-electron chi connectivity index (χ3n) is 5.46. The van der Waals surface area contributed by atoms with Gasteiger partial charge in [0.15, 0.2) is 0 Å². The van der Waals surface area contributed by atoms with E-state index >= 15 is 0 Å². The molecule has 168 valence electrons. The first kappa shape index (κ1) is 22.5. The molecular weight excluding hydrogens is 408 g/mol. The molecule has 4 nitrogen and oxygen atoms in total. The van der Waals surface area contributed by atoms with E-state index in [9.17, 15) is 4.79 Å². The fourth-order valence-corrected chi connectivity index (χ4v) is 4.10. The second-order valence-electron chi connectivity index (χ2n) is 9.22. The fraction of sp³-hybridized carbons (Fsp3) is 0.241. The van der Waals surface area contributed by atoms with Crippen LogP contribution in [0.3, 0.4) is 0 Å². The summed E-state index contributed by atoms with van der Waals surface area (Å²) in [5.41, 5.74) is 6.75. The SMILES string of the molecule is Cc1nn(Cc2ccccc2-c2ccccc2)c(-c2ccccc2)c1CC(=O)OC(C)(C)C. The number of rotatable bonds is 6. The molecule has 4 aromatic rings. The van der Waals surface area contributed by atoms with Crippen LogP contribution in [0.5, 0.6) is 0 Å². The maximum absolute atomic E-state index is 12.7. The van der Waals surface area contributed by atoms with Crippen molar-refractivity contribution in [2.24, 2.45) is 0 Å². The zero-order valence-electron chi connectivity index (χ0n) is 19.7. The molecule has 0 aliphatic rings. The maximum atomic E-state index is 12.7. The molecule has 0 bridgehead atoms. The molecule has 0 spiro atoms. The largest absolute Gasteiger partial charge is 0.460 e. The number of carbonyl (C=O) groups is 1. The van der Waals surface area contributed by atoms with Crippen molar-refractivity contribution < 1.29 is 9.53 Å². The van der Waals surface area contributed by atoms with Gasteiger partial charge in [0.2, 0.25) is 0 Å². The summed E-state index contributed by atoms with van der Waals surface area (Å²) in [6, 6.07) is 28.9. The quantitative estimate of drug-likeness (QED) is 0.325. The highest BCUT2D eigenvalue weighted by Crippen LogP contribution is 2.30. The average molecular weight is 439 g/mol. The molecule has 1 heterocycles. The Labute approximate surface area is 195 Å². The van der Waals surface area contributed by atoms with E-state index in [2.05, 4.69) is 60.7 Å². The van der Waals surface area contributed by atoms with Crippen molar-refractivity contribution in [1.82, 2.24) is 9.78 Å². The third-order valence-corrected chi connectivity index (χ3v) is 5.46. The Morgan fingerprint density at radius 2 is 1.42 bits per heavy atom. The Balaban J connectivity index is 1.77. The monoisotopic (exact) mass is 438 g/mol. The van der Waals surface area contributed by atoms with Gasteiger partial charge in [-0.2, -0.15) is 5.10 Å².